The number of fused-ring (bicyclic) bond motifs is 2. The number of nitrogens with one attached hydrogen (secondary N) is 1. The molecule has 2 saturated carbocycles. The molecule has 0 heterocycles. The van der Waals surface area contributed by atoms with E-state index in [1.54, 1.807) is 6.07 Å². The van der Waals surface area contributed by atoms with E-state index in [1.165, 1.54) is 18.6 Å². The Hall–Kier alpha value is -0.650. The summed E-state index contributed by atoms with van der Waals surface area (Å²) in [6.07, 6.45) is 3.38. The quantitative estimate of drug-likeness (QED) is 0.851. The third-order valence-electron chi connectivity index (χ3n) is 4.75. The highest BCUT2D eigenvalue weighted by molar-refractivity contribution is 9.10. The number of halogens is 3. The maximum absolute atomic E-state index is 13.0. The predicted molar refractivity (Wildman–Crippen MR) is 85.5 cm³/mol. The Labute approximate surface area is 138 Å². The van der Waals surface area contributed by atoms with Gasteiger partial charge in [-0.3, -0.25) is 4.79 Å². The summed E-state index contributed by atoms with van der Waals surface area (Å²) in [5.41, 5.74) is 7.04. The normalized spacial score (nSPS) is 30.0. The number of amides is 1. The van der Waals surface area contributed by atoms with Crippen LogP contribution in [0.25, 0.3) is 0 Å². The number of hydrogen-bond acceptors (Lipinski definition) is 2. The summed E-state index contributed by atoms with van der Waals surface area (Å²) < 4.78 is 13.7. The maximum atomic E-state index is 13.0. The highest BCUT2D eigenvalue weighted by Crippen LogP contribution is 2.47. The molecule has 3 nitrogen and oxygen atoms in total. The van der Waals surface area contributed by atoms with Crippen molar-refractivity contribution in [1.29, 1.82) is 0 Å². The lowest BCUT2D eigenvalue weighted by atomic mass is 9.84. The van der Waals surface area contributed by atoms with Crippen molar-refractivity contribution in [3.63, 3.8) is 0 Å². The zero-order valence-corrected chi connectivity index (χ0v) is 13.9. The van der Waals surface area contributed by atoms with Crippen LogP contribution in [0.3, 0.4) is 0 Å². The smallest absolute Gasteiger partial charge is 0.225 e. The van der Waals surface area contributed by atoms with Crippen molar-refractivity contribution >= 4 is 34.2 Å². The van der Waals surface area contributed by atoms with Crippen molar-refractivity contribution in [1.82, 2.24) is 5.32 Å². The van der Waals surface area contributed by atoms with E-state index in [4.69, 9.17) is 5.73 Å². The zero-order valence-electron chi connectivity index (χ0n) is 11.5. The van der Waals surface area contributed by atoms with E-state index in [0.717, 1.165) is 18.4 Å². The van der Waals surface area contributed by atoms with Gasteiger partial charge in [-0.2, -0.15) is 0 Å². The molecule has 0 aromatic heterocycles. The number of benzene rings is 1. The van der Waals surface area contributed by atoms with Crippen molar-refractivity contribution in [2.45, 2.75) is 31.8 Å². The minimum absolute atomic E-state index is 0. The third-order valence-corrected chi connectivity index (χ3v) is 5.49. The summed E-state index contributed by atoms with van der Waals surface area (Å²) in [6, 6.07) is 4.49. The predicted octanol–water partition coefficient (Wildman–Crippen LogP) is 3.00. The standard InChI is InChI=1S/C15H18BrFN2O.ClH/c16-12-6-11(17)4-3-10(12)7-19-15(20)13-8-1-2-9(5-8)14(13)18;/h3-4,6,8-9,13-14H,1-2,5,7,18H2,(H,19,20);1H. The first kappa shape index (κ1) is 16.7. The van der Waals surface area contributed by atoms with Crippen molar-refractivity contribution < 1.29 is 9.18 Å². The first-order valence-electron chi connectivity index (χ1n) is 7.03. The van der Waals surface area contributed by atoms with E-state index in [2.05, 4.69) is 21.2 Å². The minimum atomic E-state index is -0.290. The molecular weight excluding hydrogens is 359 g/mol. The van der Waals surface area contributed by atoms with E-state index in [9.17, 15) is 9.18 Å². The zero-order chi connectivity index (χ0) is 14.3. The molecule has 0 saturated heterocycles. The van der Waals surface area contributed by atoms with Gasteiger partial charge >= 0.3 is 0 Å². The molecule has 4 atom stereocenters. The summed E-state index contributed by atoms with van der Waals surface area (Å²) in [7, 11) is 0. The van der Waals surface area contributed by atoms with Crippen LogP contribution in [0.1, 0.15) is 24.8 Å². The van der Waals surface area contributed by atoms with Gasteiger partial charge in [0.05, 0.1) is 5.92 Å². The average molecular weight is 378 g/mol. The Morgan fingerprint density at radius 3 is 2.71 bits per heavy atom. The summed E-state index contributed by atoms with van der Waals surface area (Å²) in [4.78, 5) is 12.3. The molecule has 1 aromatic carbocycles. The van der Waals surface area contributed by atoms with Crippen LogP contribution < -0.4 is 11.1 Å². The molecule has 0 radical (unpaired) electrons. The van der Waals surface area contributed by atoms with Gasteiger partial charge in [0, 0.05) is 17.1 Å². The second-order valence-corrected chi connectivity index (χ2v) is 6.74. The van der Waals surface area contributed by atoms with Crippen LogP contribution in [0.5, 0.6) is 0 Å². The van der Waals surface area contributed by atoms with Crippen molar-refractivity contribution in [2.24, 2.45) is 23.5 Å². The van der Waals surface area contributed by atoms with Gasteiger partial charge in [-0.15, -0.1) is 12.4 Å². The molecule has 3 N–H and O–H groups in total. The van der Waals surface area contributed by atoms with Gasteiger partial charge in [0.1, 0.15) is 5.82 Å². The minimum Gasteiger partial charge on any atom is -0.352 e. The number of nitrogens with two attached hydrogens (primary N) is 1. The average Bonchev–Trinajstić information content (AvgIpc) is 2.98. The fourth-order valence-electron chi connectivity index (χ4n) is 3.69. The third kappa shape index (κ3) is 3.25. The highest BCUT2D eigenvalue weighted by atomic mass is 79.9. The first-order valence-corrected chi connectivity index (χ1v) is 7.83. The molecule has 0 spiro atoms. The molecule has 2 bridgehead atoms. The summed E-state index contributed by atoms with van der Waals surface area (Å²) >= 11 is 3.31. The van der Waals surface area contributed by atoms with Crippen LogP contribution in [0.4, 0.5) is 4.39 Å². The van der Waals surface area contributed by atoms with Crippen LogP contribution in [0, 0.1) is 23.6 Å². The molecule has 116 valence electrons. The molecule has 1 aromatic rings. The number of carbonyl (C=O) groups is 1. The van der Waals surface area contributed by atoms with E-state index in [0.29, 0.717) is 22.9 Å². The summed E-state index contributed by atoms with van der Waals surface area (Å²) in [5.74, 6) is 0.677. The van der Waals surface area contributed by atoms with Crippen LogP contribution >= 0.6 is 28.3 Å². The van der Waals surface area contributed by atoms with Crippen molar-refractivity contribution in [3.05, 3.63) is 34.1 Å². The molecule has 21 heavy (non-hydrogen) atoms. The molecule has 2 aliphatic rings. The van der Waals surface area contributed by atoms with Crippen LogP contribution in [-0.4, -0.2) is 11.9 Å². The maximum Gasteiger partial charge on any atom is 0.225 e. The van der Waals surface area contributed by atoms with Crippen LogP contribution in [0.2, 0.25) is 0 Å². The van der Waals surface area contributed by atoms with Gasteiger partial charge in [0.25, 0.3) is 0 Å². The molecule has 1 amide bonds. The fourth-order valence-corrected chi connectivity index (χ4v) is 4.18. The van der Waals surface area contributed by atoms with Gasteiger partial charge in [-0.25, -0.2) is 4.39 Å². The Kier molecular flexibility index (Phi) is 5.28. The Bertz CT molecular complexity index is 540. The molecule has 2 aliphatic carbocycles. The fraction of sp³-hybridized carbons (Fsp3) is 0.533. The SMILES string of the molecule is Cl.NC1C2CCC(C2)C1C(=O)NCc1ccc(F)cc1Br. The number of hydrogen-bond donors (Lipinski definition) is 2. The van der Waals surface area contributed by atoms with Crippen LogP contribution in [-0.2, 0) is 11.3 Å². The van der Waals surface area contributed by atoms with Crippen LogP contribution in [0.15, 0.2) is 22.7 Å². The molecule has 3 rings (SSSR count). The van der Waals surface area contributed by atoms with Gasteiger partial charge < -0.3 is 11.1 Å². The van der Waals surface area contributed by atoms with E-state index in [-0.39, 0.29) is 36.1 Å². The lowest BCUT2D eigenvalue weighted by Gasteiger charge is -2.27. The van der Waals surface area contributed by atoms with Crippen molar-refractivity contribution in [2.75, 3.05) is 0 Å². The summed E-state index contributed by atoms with van der Waals surface area (Å²) in [6.45, 7) is 0.403. The van der Waals surface area contributed by atoms with E-state index in [1.807, 2.05) is 0 Å². The topological polar surface area (TPSA) is 55.1 Å². The monoisotopic (exact) mass is 376 g/mol. The number of carbonyl (C=O) groups excluding carboxylic acids is 1. The van der Waals surface area contributed by atoms with E-state index < -0.39 is 0 Å². The Morgan fingerprint density at radius 1 is 1.38 bits per heavy atom. The highest BCUT2D eigenvalue weighted by Gasteiger charge is 2.48. The molecule has 0 aliphatic heterocycles. The lowest BCUT2D eigenvalue weighted by Crippen LogP contribution is -2.45. The second kappa shape index (κ2) is 6.63. The van der Waals surface area contributed by atoms with Gasteiger partial charge in [0.15, 0.2) is 0 Å². The van der Waals surface area contributed by atoms with E-state index >= 15 is 0 Å². The second-order valence-electron chi connectivity index (χ2n) is 5.89. The number of rotatable bonds is 3. The molecule has 4 unspecified atom stereocenters. The van der Waals surface area contributed by atoms with Gasteiger partial charge in [-0.1, -0.05) is 22.0 Å². The Morgan fingerprint density at radius 2 is 2.10 bits per heavy atom. The Balaban J connectivity index is 0.00000161. The molecular formula is C15H19BrClFN2O. The largest absolute Gasteiger partial charge is 0.352 e. The van der Waals surface area contributed by atoms with Gasteiger partial charge in [0.2, 0.25) is 5.91 Å². The van der Waals surface area contributed by atoms with Crippen molar-refractivity contribution in [3.8, 4) is 0 Å². The first-order chi connectivity index (χ1) is 9.56. The molecule has 2 fully saturated rings. The van der Waals surface area contributed by atoms with Gasteiger partial charge in [-0.05, 0) is 48.8 Å². The molecule has 6 heteroatoms. The lowest BCUT2D eigenvalue weighted by molar-refractivity contribution is -0.127. The summed E-state index contributed by atoms with van der Waals surface area (Å²) in [5, 5.41) is 2.95.